The molecule has 1 aromatic heterocycles. The fourth-order valence-corrected chi connectivity index (χ4v) is 1.67. The molecular formula is C11H7ClN2O. The molecule has 0 atom stereocenters. The maximum atomic E-state index is 11.4. The smallest absolute Gasteiger partial charge is 0.193 e. The van der Waals surface area contributed by atoms with E-state index in [4.69, 9.17) is 16.9 Å². The van der Waals surface area contributed by atoms with E-state index in [0.717, 1.165) is 10.9 Å². The number of H-pyrrole nitrogens is 1. The number of hydrogen-bond acceptors (Lipinski definition) is 2. The molecule has 0 aliphatic rings. The highest BCUT2D eigenvalue weighted by atomic mass is 35.5. The minimum atomic E-state index is -0.218. The van der Waals surface area contributed by atoms with Crippen molar-refractivity contribution in [2.45, 2.75) is 6.42 Å². The maximum Gasteiger partial charge on any atom is 0.193 e. The lowest BCUT2D eigenvalue weighted by atomic mass is 10.2. The van der Waals surface area contributed by atoms with Crippen molar-refractivity contribution in [1.82, 2.24) is 4.98 Å². The largest absolute Gasteiger partial charge is 0.351 e. The molecule has 0 unspecified atom stereocenters. The summed E-state index contributed by atoms with van der Waals surface area (Å²) in [5.41, 5.74) is 1.17. The number of nitrogens with one attached hydrogen (secondary N) is 1. The summed E-state index contributed by atoms with van der Waals surface area (Å²) in [4.78, 5) is 14.3. The fraction of sp³-hybridized carbons (Fsp3) is 0.0909. The van der Waals surface area contributed by atoms with Gasteiger partial charge in [-0.25, -0.2) is 0 Å². The Kier molecular flexibility index (Phi) is 2.44. The molecule has 0 radical (unpaired) electrons. The van der Waals surface area contributed by atoms with E-state index in [0.29, 0.717) is 10.7 Å². The first-order valence-corrected chi connectivity index (χ1v) is 4.77. The number of benzene rings is 1. The number of aromatic nitrogens is 1. The summed E-state index contributed by atoms with van der Waals surface area (Å²) in [6.07, 6.45) is -0.121. The molecule has 1 heterocycles. The first-order valence-electron chi connectivity index (χ1n) is 4.40. The zero-order valence-electron chi connectivity index (χ0n) is 7.75. The third-order valence-electron chi connectivity index (χ3n) is 2.15. The van der Waals surface area contributed by atoms with Gasteiger partial charge >= 0.3 is 0 Å². The van der Waals surface area contributed by atoms with Crippen LogP contribution in [0, 0.1) is 11.3 Å². The van der Waals surface area contributed by atoms with Gasteiger partial charge in [0.05, 0.1) is 22.3 Å². The second-order valence-corrected chi connectivity index (χ2v) is 3.55. The highest BCUT2D eigenvalue weighted by molar-refractivity contribution is 6.35. The van der Waals surface area contributed by atoms with Gasteiger partial charge in [0.25, 0.3) is 0 Å². The highest BCUT2D eigenvalue weighted by Crippen LogP contribution is 2.23. The first kappa shape index (κ1) is 9.75. The van der Waals surface area contributed by atoms with E-state index in [9.17, 15) is 4.79 Å². The second-order valence-electron chi connectivity index (χ2n) is 3.15. The molecule has 1 N–H and O–H groups in total. The van der Waals surface area contributed by atoms with Crippen molar-refractivity contribution in [2.24, 2.45) is 0 Å². The number of Topliss-reactive ketones (excluding diaryl/α,β-unsaturated/α-hetero) is 1. The van der Waals surface area contributed by atoms with Crippen LogP contribution in [0.4, 0.5) is 0 Å². The molecule has 3 nitrogen and oxygen atoms in total. The van der Waals surface area contributed by atoms with Gasteiger partial charge in [0.1, 0.15) is 6.42 Å². The molecule has 0 aliphatic heterocycles. The average molecular weight is 219 g/mol. The molecule has 1 aromatic carbocycles. The van der Waals surface area contributed by atoms with Crippen LogP contribution in [0.15, 0.2) is 24.3 Å². The Labute approximate surface area is 91.3 Å². The zero-order valence-corrected chi connectivity index (χ0v) is 8.51. The number of ketones is 1. The van der Waals surface area contributed by atoms with Crippen molar-refractivity contribution in [3.63, 3.8) is 0 Å². The van der Waals surface area contributed by atoms with Gasteiger partial charge in [-0.1, -0.05) is 23.7 Å². The number of hydrogen-bond donors (Lipinski definition) is 1. The number of aromatic amines is 1. The Balaban J connectivity index is 2.53. The number of halogens is 1. The molecule has 0 saturated carbocycles. The van der Waals surface area contributed by atoms with Gasteiger partial charge in [0.2, 0.25) is 0 Å². The summed E-state index contributed by atoms with van der Waals surface area (Å²) in [6.45, 7) is 0. The van der Waals surface area contributed by atoms with Gasteiger partial charge in [0.15, 0.2) is 5.78 Å². The maximum absolute atomic E-state index is 11.4. The predicted octanol–water partition coefficient (Wildman–Crippen LogP) is 2.92. The summed E-state index contributed by atoms with van der Waals surface area (Å²) in [7, 11) is 0. The van der Waals surface area contributed by atoms with Crippen LogP contribution in [0.1, 0.15) is 16.9 Å². The zero-order chi connectivity index (χ0) is 10.8. The van der Waals surface area contributed by atoms with Gasteiger partial charge in [-0.2, -0.15) is 5.26 Å². The lowest BCUT2D eigenvalue weighted by Gasteiger charge is -1.91. The Hall–Kier alpha value is -1.79. The molecule has 0 saturated heterocycles. The Morgan fingerprint density at radius 1 is 1.53 bits per heavy atom. The summed E-state index contributed by atoms with van der Waals surface area (Å²) < 4.78 is 0. The van der Waals surface area contributed by atoms with Crippen molar-refractivity contribution < 1.29 is 4.79 Å². The third-order valence-corrected chi connectivity index (χ3v) is 2.46. The number of nitrogens with zero attached hydrogens (tertiary/aromatic N) is 1. The van der Waals surface area contributed by atoms with E-state index >= 15 is 0 Å². The van der Waals surface area contributed by atoms with Gasteiger partial charge in [-0.15, -0.1) is 0 Å². The first-order chi connectivity index (χ1) is 7.22. The number of rotatable bonds is 2. The van der Waals surface area contributed by atoms with Crippen LogP contribution in [-0.4, -0.2) is 10.8 Å². The number of nitriles is 1. The molecule has 0 fully saturated rings. The number of para-hydroxylation sites is 1. The van der Waals surface area contributed by atoms with Gasteiger partial charge < -0.3 is 4.98 Å². The summed E-state index contributed by atoms with van der Waals surface area (Å²) >= 11 is 5.94. The molecule has 4 heteroatoms. The minimum absolute atomic E-state index is 0.121. The minimum Gasteiger partial charge on any atom is -0.351 e. The third kappa shape index (κ3) is 1.72. The SMILES string of the molecule is N#CCC(=O)c1cc2cccc(Cl)c2[nH]1. The van der Waals surface area contributed by atoms with Crippen LogP contribution in [0.3, 0.4) is 0 Å². The standard InChI is InChI=1S/C11H7ClN2O/c12-8-3-1-2-7-6-9(14-11(7)8)10(15)4-5-13/h1-3,6,14H,4H2. The predicted molar refractivity (Wildman–Crippen MR) is 57.9 cm³/mol. The van der Waals surface area contributed by atoms with E-state index in [1.54, 1.807) is 12.1 Å². The van der Waals surface area contributed by atoms with Gasteiger partial charge in [-0.05, 0) is 12.1 Å². The van der Waals surface area contributed by atoms with Crippen molar-refractivity contribution in [3.8, 4) is 6.07 Å². The van der Waals surface area contributed by atoms with Crippen molar-refractivity contribution in [2.75, 3.05) is 0 Å². The summed E-state index contributed by atoms with van der Waals surface area (Å²) in [6, 6.07) is 8.96. The van der Waals surface area contributed by atoms with E-state index in [1.165, 1.54) is 0 Å². The van der Waals surface area contributed by atoms with E-state index < -0.39 is 0 Å². The molecule has 0 bridgehead atoms. The molecule has 0 amide bonds. The molecule has 74 valence electrons. The van der Waals surface area contributed by atoms with Crippen LogP contribution in [0.25, 0.3) is 10.9 Å². The highest BCUT2D eigenvalue weighted by Gasteiger charge is 2.10. The van der Waals surface area contributed by atoms with Gasteiger partial charge in [0, 0.05) is 5.39 Å². The molecule has 2 rings (SSSR count). The topological polar surface area (TPSA) is 56.6 Å². The molecule has 2 aromatic rings. The number of carbonyl (C=O) groups is 1. The Morgan fingerprint density at radius 2 is 2.33 bits per heavy atom. The van der Waals surface area contributed by atoms with Crippen LogP contribution < -0.4 is 0 Å². The van der Waals surface area contributed by atoms with Crippen LogP contribution in [0.2, 0.25) is 5.02 Å². The second kappa shape index (κ2) is 3.76. The fourth-order valence-electron chi connectivity index (χ4n) is 1.44. The van der Waals surface area contributed by atoms with Crippen molar-refractivity contribution >= 4 is 28.3 Å². The van der Waals surface area contributed by atoms with Gasteiger partial charge in [-0.3, -0.25) is 4.79 Å². The molecule has 0 spiro atoms. The van der Waals surface area contributed by atoms with E-state index in [2.05, 4.69) is 4.98 Å². The quantitative estimate of drug-likeness (QED) is 0.788. The molecule has 15 heavy (non-hydrogen) atoms. The van der Waals surface area contributed by atoms with Crippen LogP contribution >= 0.6 is 11.6 Å². The normalized spacial score (nSPS) is 10.1. The summed E-state index contributed by atoms with van der Waals surface area (Å²) in [5, 5.41) is 9.87. The van der Waals surface area contributed by atoms with Crippen LogP contribution in [0.5, 0.6) is 0 Å². The lowest BCUT2D eigenvalue weighted by Crippen LogP contribution is -1.96. The molecule has 0 aliphatic carbocycles. The monoisotopic (exact) mass is 218 g/mol. The van der Waals surface area contributed by atoms with Crippen molar-refractivity contribution in [3.05, 3.63) is 35.0 Å². The average Bonchev–Trinajstić information content (AvgIpc) is 2.63. The van der Waals surface area contributed by atoms with Crippen LogP contribution in [-0.2, 0) is 0 Å². The number of carbonyl (C=O) groups excluding carboxylic acids is 1. The van der Waals surface area contributed by atoms with E-state index in [1.807, 2.05) is 18.2 Å². The lowest BCUT2D eigenvalue weighted by molar-refractivity contribution is 0.0994. The summed E-state index contributed by atoms with van der Waals surface area (Å²) in [5.74, 6) is -0.218. The van der Waals surface area contributed by atoms with E-state index in [-0.39, 0.29) is 12.2 Å². The Bertz CT molecular complexity index is 565. The number of fused-ring (bicyclic) bond motifs is 1. The molecular weight excluding hydrogens is 212 g/mol. The Morgan fingerprint density at radius 3 is 3.00 bits per heavy atom. The van der Waals surface area contributed by atoms with Crippen molar-refractivity contribution in [1.29, 1.82) is 5.26 Å².